The van der Waals surface area contributed by atoms with Crippen molar-refractivity contribution in [1.29, 1.82) is 0 Å². The molecule has 1 unspecified atom stereocenters. The highest BCUT2D eigenvalue weighted by Gasteiger charge is 2.24. The van der Waals surface area contributed by atoms with E-state index in [2.05, 4.69) is 6.58 Å². The molecule has 0 aliphatic carbocycles. The summed E-state index contributed by atoms with van der Waals surface area (Å²) in [4.78, 5) is 13.6. The molecule has 0 bridgehead atoms. The lowest BCUT2D eigenvalue weighted by Crippen LogP contribution is -2.31. The lowest BCUT2D eigenvalue weighted by Gasteiger charge is -2.23. The second-order valence-corrected chi connectivity index (χ2v) is 4.56. The molecule has 0 saturated heterocycles. The standard InChI is InChI=1S/C15H21NO2/c1-6-14(11(2)15(17)16(3)4)12-8-7-9-13(10-12)18-5/h6-11,14H,1H2,2-5H3/t11?,14-/m1/s1. The van der Waals surface area contributed by atoms with E-state index in [1.54, 1.807) is 26.1 Å². The number of allylic oxidation sites excluding steroid dienone is 1. The minimum atomic E-state index is -0.135. The van der Waals surface area contributed by atoms with Gasteiger partial charge >= 0.3 is 0 Å². The molecule has 98 valence electrons. The normalized spacial score (nSPS) is 13.6. The highest BCUT2D eigenvalue weighted by molar-refractivity contribution is 5.79. The van der Waals surface area contributed by atoms with Gasteiger partial charge in [0.25, 0.3) is 0 Å². The van der Waals surface area contributed by atoms with Crippen LogP contribution in [0.5, 0.6) is 5.75 Å². The van der Waals surface area contributed by atoms with E-state index in [0.717, 1.165) is 11.3 Å². The smallest absolute Gasteiger partial charge is 0.225 e. The molecule has 2 atom stereocenters. The quantitative estimate of drug-likeness (QED) is 0.749. The molecule has 3 heteroatoms. The van der Waals surface area contributed by atoms with Crippen molar-refractivity contribution in [3.8, 4) is 5.75 Å². The third kappa shape index (κ3) is 3.13. The molecule has 1 aromatic carbocycles. The van der Waals surface area contributed by atoms with Gasteiger partial charge in [-0.2, -0.15) is 0 Å². The van der Waals surface area contributed by atoms with Crippen LogP contribution in [0.1, 0.15) is 18.4 Å². The van der Waals surface area contributed by atoms with E-state index < -0.39 is 0 Å². The molecule has 1 amide bonds. The zero-order valence-corrected chi connectivity index (χ0v) is 11.5. The van der Waals surface area contributed by atoms with Crippen LogP contribution in [0.3, 0.4) is 0 Å². The minimum Gasteiger partial charge on any atom is -0.497 e. The Hall–Kier alpha value is -1.77. The summed E-state index contributed by atoms with van der Waals surface area (Å²) < 4.78 is 5.21. The van der Waals surface area contributed by atoms with Crippen LogP contribution in [0.25, 0.3) is 0 Å². The Balaban J connectivity index is 3.01. The first-order valence-electron chi connectivity index (χ1n) is 5.99. The van der Waals surface area contributed by atoms with Crippen molar-refractivity contribution in [1.82, 2.24) is 4.90 Å². The molecular weight excluding hydrogens is 226 g/mol. The van der Waals surface area contributed by atoms with Gasteiger partial charge in [0, 0.05) is 25.9 Å². The first-order valence-corrected chi connectivity index (χ1v) is 5.99. The fourth-order valence-corrected chi connectivity index (χ4v) is 2.04. The van der Waals surface area contributed by atoms with Gasteiger partial charge in [-0.3, -0.25) is 4.79 Å². The molecule has 0 spiro atoms. The number of ether oxygens (including phenoxy) is 1. The lowest BCUT2D eigenvalue weighted by molar-refractivity contribution is -0.132. The average molecular weight is 247 g/mol. The number of amides is 1. The third-order valence-electron chi connectivity index (χ3n) is 3.10. The number of carbonyl (C=O) groups is 1. The van der Waals surface area contributed by atoms with Gasteiger partial charge in [-0.25, -0.2) is 0 Å². The van der Waals surface area contributed by atoms with Gasteiger partial charge in [0.05, 0.1) is 7.11 Å². The summed E-state index contributed by atoms with van der Waals surface area (Å²) in [5.41, 5.74) is 1.05. The van der Waals surface area contributed by atoms with Crippen LogP contribution in [-0.2, 0) is 4.79 Å². The van der Waals surface area contributed by atoms with Crippen LogP contribution >= 0.6 is 0 Å². The lowest BCUT2D eigenvalue weighted by atomic mass is 9.86. The zero-order chi connectivity index (χ0) is 13.7. The topological polar surface area (TPSA) is 29.5 Å². The maximum Gasteiger partial charge on any atom is 0.225 e. The van der Waals surface area contributed by atoms with E-state index in [1.807, 2.05) is 37.3 Å². The Labute approximate surface area is 109 Å². The van der Waals surface area contributed by atoms with Crippen molar-refractivity contribution in [2.75, 3.05) is 21.2 Å². The second-order valence-electron chi connectivity index (χ2n) is 4.56. The van der Waals surface area contributed by atoms with E-state index in [4.69, 9.17) is 4.74 Å². The summed E-state index contributed by atoms with van der Waals surface area (Å²) in [6, 6.07) is 7.76. The van der Waals surface area contributed by atoms with E-state index >= 15 is 0 Å². The molecule has 0 N–H and O–H groups in total. The molecule has 18 heavy (non-hydrogen) atoms. The van der Waals surface area contributed by atoms with Crippen molar-refractivity contribution in [3.63, 3.8) is 0 Å². The zero-order valence-electron chi connectivity index (χ0n) is 11.5. The van der Waals surface area contributed by atoms with E-state index in [-0.39, 0.29) is 17.7 Å². The van der Waals surface area contributed by atoms with E-state index in [9.17, 15) is 4.79 Å². The molecule has 0 aromatic heterocycles. The van der Waals surface area contributed by atoms with Crippen molar-refractivity contribution in [2.24, 2.45) is 5.92 Å². The van der Waals surface area contributed by atoms with E-state index in [0.29, 0.717) is 0 Å². The van der Waals surface area contributed by atoms with Crippen LogP contribution in [0.2, 0.25) is 0 Å². The molecule has 0 aliphatic rings. The number of nitrogens with zero attached hydrogens (tertiary/aromatic N) is 1. The predicted octanol–water partition coefficient (Wildman–Crippen LogP) is 2.69. The molecule has 0 fully saturated rings. The van der Waals surface area contributed by atoms with Gasteiger partial charge in [0.1, 0.15) is 5.75 Å². The van der Waals surface area contributed by atoms with Crippen molar-refractivity contribution in [3.05, 3.63) is 42.5 Å². The molecule has 0 heterocycles. The van der Waals surface area contributed by atoms with Gasteiger partial charge in [0.2, 0.25) is 5.91 Å². The van der Waals surface area contributed by atoms with Gasteiger partial charge in [0.15, 0.2) is 0 Å². The first kappa shape index (κ1) is 14.3. The predicted molar refractivity (Wildman–Crippen MR) is 73.8 cm³/mol. The Morgan fingerprint density at radius 2 is 2.11 bits per heavy atom. The van der Waals surface area contributed by atoms with Crippen LogP contribution in [0.4, 0.5) is 0 Å². The fraction of sp³-hybridized carbons (Fsp3) is 0.400. The van der Waals surface area contributed by atoms with Gasteiger partial charge in [-0.05, 0) is 17.7 Å². The first-order chi connectivity index (χ1) is 8.51. The number of rotatable bonds is 5. The Bertz CT molecular complexity index is 426. The summed E-state index contributed by atoms with van der Waals surface area (Å²) in [6.07, 6.45) is 1.82. The van der Waals surface area contributed by atoms with Crippen LogP contribution in [0, 0.1) is 5.92 Å². The summed E-state index contributed by atoms with van der Waals surface area (Å²) in [7, 11) is 5.17. The van der Waals surface area contributed by atoms with Crippen LogP contribution < -0.4 is 4.74 Å². The summed E-state index contributed by atoms with van der Waals surface area (Å²) >= 11 is 0. The number of methoxy groups -OCH3 is 1. The minimum absolute atomic E-state index is 0.00463. The molecule has 0 aliphatic heterocycles. The van der Waals surface area contributed by atoms with Gasteiger partial charge in [-0.1, -0.05) is 25.1 Å². The van der Waals surface area contributed by atoms with Gasteiger partial charge < -0.3 is 9.64 Å². The molecule has 0 saturated carbocycles. The highest BCUT2D eigenvalue weighted by Crippen LogP contribution is 2.29. The highest BCUT2D eigenvalue weighted by atomic mass is 16.5. The van der Waals surface area contributed by atoms with Crippen LogP contribution in [0.15, 0.2) is 36.9 Å². The second kappa shape index (κ2) is 6.24. The van der Waals surface area contributed by atoms with Crippen molar-refractivity contribution in [2.45, 2.75) is 12.8 Å². The monoisotopic (exact) mass is 247 g/mol. The van der Waals surface area contributed by atoms with Gasteiger partial charge in [-0.15, -0.1) is 6.58 Å². The average Bonchev–Trinajstić information content (AvgIpc) is 2.38. The Morgan fingerprint density at radius 3 is 2.61 bits per heavy atom. The maximum atomic E-state index is 12.0. The molecular formula is C15H21NO2. The van der Waals surface area contributed by atoms with E-state index in [1.165, 1.54) is 0 Å². The SMILES string of the molecule is C=C[C@@H](c1cccc(OC)c1)C(C)C(=O)N(C)C. The Kier molecular flexibility index (Phi) is 4.95. The van der Waals surface area contributed by atoms with Crippen LogP contribution in [-0.4, -0.2) is 32.0 Å². The molecule has 3 nitrogen and oxygen atoms in total. The van der Waals surface area contributed by atoms with Crippen molar-refractivity contribution < 1.29 is 9.53 Å². The third-order valence-corrected chi connectivity index (χ3v) is 3.10. The summed E-state index contributed by atoms with van der Waals surface area (Å²) in [5.74, 6) is 0.756. The molecule has 0 radical (unpaired) electrons. The number of carbonyl (C=O) groups excluding carboxylic acids is 1. The fourth-order valence-electron chi connectivity index (χ4n) is 2.04. The van der Waals surface area contributed by atoms with Crippen molar-refractivity contribution >= 4 is 5.91 Å². The molecule has 1 aromatic rings. The largest absolute Gasteiger partial charge is 0.497 e. The summed E-state index contributed by atoms with van der Waals surface area (Å²) in [5, 5.41) is 0. The number of hydrogen-bond donors (Lipinski definition) is 0. The maximum absolute atomic E-state index is 12.0. The number of benzene rings is 1. The molecule has 1 rings (SSSR count). The Morgan fingerprint density at radius 1 is 1.44 bits per heavy atom. The summed E-state index contributed by atoms with van der Waals surface area (Å²) in [6.45, 7) is 5.77. The number of hydrogen-bond acceptors (Lipinski definition) is 2.